The van der Waals surface area contributed by atoms with Gasteiger partial charge in [-0.2, -0.15) is 0 Å². The summed E-state index contributed by atoms with van der Waals surface area (Å²) in [6.45, 7) is 1.32. The highest BCUT2D eigenvalue weighted by Crippen LogP contribution is 2.38. The molecular formula is C30H24F2N4O5. The van der Waals surface area contributed by atoms with Crippen LogP contribution < -0.4 is 10.3 Å². The predicted octanol–water partition coefficient (Wildman–Crippen LogP) is 4.80. The Bertz CT molecular complexity index is 1840. The zero-order valence-corrected chi connectivity index (χ0v) is 21.9. The molecule has 0 atom stereocenters. The summed E-state index contributed by atoms with van der Waals surface area (Å²) in [6, 6.07) is 12.7. The van der Waals surface area contributed by atoms with E-state index in [1.54, 1.807) is 65.6 Å². The Morgan fingerprint density at radius 2 is 1.63 bits per heavy atom. The van der Waals surface area contributed by atoms with Crippen molar-refractivity contribution in [1.82, 2.24) is 19.4 Å². The SMILES string of the molecule is Cn1cc(-c2cc(C(=O)N3CCN(C(=O)c4ccco4)CC3)ccc2Oc2ccc(F)cc2F)c2cc[nH]c2c1=O. The second kappa shape index (κ2) is 10.4. The zero-order chi connectivity index (χ0) is 28.7. The third-order valence-corrected chi connectivity index (χ3v) is 7.11. The number of carbonyl (C=O) groups is 2. The van der Waals surface area contributed by atoms with Crippen molar-refractivity contribution in [3.8, 4) is 22.6 Å². The van der Waals surface area contributed by atoms with Crippen molar-refractivity contribution in [3.05, 3.63) is 107 Å². The summed E-state index contributed by atoms with van der Waals surface area (Å²) in [5.41, 5.74) is 1.47. The summed E-state index contributed by atoms with van der Waals surface area (Å²) in [6.07, 6.45) is 4.69. The van der Waals surface area contributed by atoms with Crippen molar-refractivity contribution in [3.63, 3.8) is 0 Å². The maximum Gasteiger partial charge on any atom is 0.289 e. The first kappa shape index (κ1) is 26.1. The minimum absolute atomic E-state index is 0.195. The average Bonchev–Trinajstić information content (AvgIpc) is 3.69. The van der Waals surface area contributed by atoms with Gasteiger partial charge in [-0.15, -0.1) is 0 Å². The minimum atomic E-state index is -0.884. The number of nitrogens with one attached hydrogen (secondary N) is 1. The Kier molecular flexibility index (Phi) is 6.62. The summed E-state index contributed by atoms with van der Waals surface area (Å²) in [7, 11) is 1.60. The van der Waals surface area contributed by atoms with Gasteiger partial charge in [0.1, 0.15) is 17.1 Å². The Balaban J connectivity index is 1.35. The lowest BCUT2D eigenvalue weighted by Gasteiger charge is -2.34. The smallest absolute Gasteiger partial charge is 0.289 e. The molecule has 0 spiro atoms. The van der Waals surface area contributed by atoms with Crippen LogP contribution in [0.1, 0.15) is 20.9 Å². The van der Waals surface area contributed by atoms with E-state index in [1.165, 1.54) is 16.9 Å². The lowest BCUT2D eigenvalue weighted by molar-refractivity contribution is 0.0518. The number of fused-ring (bicyclic) bond motifs is 1. The molecule has 4 heterocycles. The average molecular weight is 559 g/mol. The molecule has 9 nitrogen and oxygen atoms in total. The van der Waals surface area contributed by atoms with Crippen LogP contribution in [0.25, 0.3) is 22.0 Å². The van der Waals surface area contributed by atoms with E-state index in [1.807, 2.05) is 0 Å². The van der Waals surface area contributed by atoms with Crippen LogP contribution in [0.4, 0.5) is 8.78 Å². The summed E-state index contributed by atoms with van der Waals surface area (Å²) in [4.78, 5) is 45.1. The second-order valence-corrected chi connectivity index (χ2v) is 9.67. The molecule has 2 aromatic carbocycles. The lowest BCUT2D eigenvalue weighted by atomic mass is 9.99. The molecule has 5 aromatic rings. The maximum atomic E-state index is 14.5. The Morgan fingerprint density at radius 3 is 2.34 bits per heavy atom. The molecule has 41 heavy (non-hydrogen) atoms. The molecule has 11 heteroatoms. The Hall–Kier alpha value is -5.19. The molecule has 0 saturated carbocycles. The number of pyridine rings is 1. The number of hydrogen-bond acceptors (Lipinski definition) is 5. The van der Waals surface area contributed by atoms with E-state index in [-0.39, 0.29) is 34.6 Å². The standard InChI is InChI=1S/C30H24F2N4O5/c1-34-17-22(20-8-9-33-27(20)30(34)39)21-15-18(4-6-24(21)41-25-7-5-19(31)16-23(25)32)28(37)35-10-12-36(13-11-35)29(38)26-3-2-14-40-26/h2-9,14-17,33H,10-13H2,1H3. The number of aromatic amines is 1. The predicted molar refractivity (Wildman–Crippen MR) is 146 cm³/mol. The minimum Gasteiger partial charge on any atom is -0.459 e. The summed E-state index contributed by atoms with van der Waals surface area (Å²) in [5.74, 6) is -1.85. The van der Waals surface area contributed by atoms with Gasteiger partial charge in [0, 0.05) is 73.8 Å². The van der Waals surface area contributed by atoms with Crippen molar-refractivity contribution in [2.75, 3.05) is 26.2 Å². The van der Waals surface area contributed by atoms with Gasteiger partial charge >= 0.3 is 0 Å². The molecule has 0 unspecified atom stereocenters. The first-order valence-corrected chi connectivity index (χ1v) is 12.9. The van der Waals surface area contributed by atoms with Crippen molar-refractivity contribution < 1.29 is 27.5 Å². The molecule has 0 radical (unpaired) electrons. The van der Waals surface area contributed by atoms with E-state index in [0.29, 0.717) is 53.8 Å². The van der Waals surface area contributed by atoms with Crippen LogP contribution in [0, 0.1) is 11.6 Å². The number of H-pyrrole nitrogens is 1. The number of carbonyl (C=O) groups excluding carboxylic acids is 2. The van der Waals surface area contributed by atoms with Crippen LogP contribution in [0.3, 0.4) is 0 Å². The Labute approximate surface area is 232 Å². The van der Waals surface area contributed by atoms with Gasteiger partial charge in [0.2, 0.25) is 0 Å². The molecule has 1 aliphatic heterocycles. The van der Waals surface area contributed by atoms with Gasteiger partial charge in [0.25, 0.3) is 17.4 Å². The fourth-order valence-electron chi connectivity index (χ4n) is 4.97. The largest absolute Gasteiger partial charge is 0.459 e. The van der Waals surface area contributed by atoms with Crippen LogP contribution >= 0.6 is 0 Å². The topological polar surface area (TPSA) is 101 Å². The normalized spacial score (nSPS) is 13.5. The first-order valence-electron chi connectivity index (χ1n) is 12.9. The number of ether oxygens (including phenoxy) is 1. The number of rotatable bonds is 5. The van der Waals surface area contributed by atoms with Crippen LogP contribution in [0.15, 0.2) is 82.5 Å². The van der Waals surface area contributed by atoms with Gasteiger partial charge in [-0.05, 0) is 48.5 Å². The van der Waals surface area contributed by atoms with Crippen LogP contribution in [-0.4, -0.2) is 57.3 Å². The lowest BCUT2D eigenvalue weighted by Crippen LogP contribution is -2.50. The fraction of sp³-hybridized carbons (Fsp3) is 0.167. The number of piperazine rings is 1. The molecule has 1 saturated heterocycles. The molecule has 1 fully saturated rings. The first-order chi connectivity index (χ1) is 19.8. The van der Waals surface area contributed by atoms with Crippen molar-refractivity contribution >= 4 is 22.7 Å². The zero-order valence-electron chi connectivity index (χ0n) is 21.9. The molecule has 3 aromatic heterocycles. The molecule has 1 aliphatic rings. The number of hydrogen-bond donors (Lipinski definition) is 1. The summed E-state index contributed by atoms with van der Waals surface area (Å²) >= 11 is 0. The molecule has 6 rings (SSSR count). The number of benzene rings is 2. The van der Waals surface area contributed by atoms with Crippen LogP contribution in [0.2, 0.25) is 0 Å². The number of halogens is 2. The van der Waals surface area contributed by atoms with Gasteiger partial charge < -0.3 is 28.5 Å². The number of aromatic nitrogens is 2. The number of furan rings is 1. The monoisotopic (exact) mass is 558 g/mol. The third kappa shape index (κ3) is 4.86. The van der Waals surface area contributed by atoms with Gasteiger partial charge in [0.05, 0.1) is 6.26 Å². The van der Waals surface area contributed by atoms with E-state index < -0.39 is 11.6 Å². The van der Waals surface area contributed by atoms with Crippen LogP contribution in [-0.2, 0) is 7.05 Å². The number of nitrogens with zero attached hydrogens (tertiary/aromatic N) is 3. The molecule has 0 bridgehead atoms. The quantitative estimate of drug-likeness (QED) is 0.334. The van der Waals surface area contributed by atoms with Gasteiger partial charge in [-0.25, -0.2) is 8.78 Å². The van der Waals surface area contributed by atoms with Crippen LogP contribution in [0.5, 0.6) is 11.5 Å². The Morgan fingerprint density at radius 1 is 0.902 bits per heavy atom. The highest BCUT2D eigenvalue weighted by atomic mass is 19.1. The van der Waals surface area contributed by atoms with Gasteiger partial charge in [-0.1, -0.05) is 0 Å². The summed E-state index contributed by atoms with van der Waals surface area (Å²) in [5, 5.41) is 0.590. The van der Waals surface area contributed by atoms with Crippen molar-refractivity contribution in [2.24, 2.45) is 7.05 Å². The van der Waals surface area contributed by atoms with Crippen molar-refractivity contribution in [2.45, 2.75) is 0 Å². The fourth-order valence-corrected chi connectivity index (χ4v) is 4.97. The van der Waals surface area contributed by atoms with E-state index in [9.17, 15) is 23.2 Å². The van der Waals surface area contributed by atoms with Gasteiger partial charge in [0.15, 0.2) is 17.3 Å². The second-order valence-electron chi connectivity index (χ2n) is 9.67. The maximum absolute atomic E-state index is 14.5. The van der Waals surface area contributed by atoms with E-state index in [2.05, 4.69) is 4.98 Å². The molecule has 2 amide bonds. The highest BCUT2D eigenvalue weighted by molar-refractivity contribution is 6.00. The highest BCUT2D eigenvalue weighted by Gasteiger charge is 2.27. The molecule has 1 N–H and O–H groups in total. The van der Waals surface area contributed by atoms with E-state index in [0.717, 1.165) is 12.1 Å². The summed E-state index contributed by atoms with van der Waals surface area (Å²) < 4.78 is 40.5. The van der Waals surface area contributed by atoms with E-state index in [4.69, 9.17) is 9.15 Å². The van der Waals surface area contributed by atoms with Crippen molar-refractivity contribution in [1.29, 1.82) is 0 Å². The molecule has 0 aliphatic carbocycles. The molecular weight excluding hydrogens is 534 g/mol. The molecule has 208 valence electrons. The number of aryl methyl sites for hydroxylation is 1. The van der Waals surface area contributed by atoms with Gasteiger partial charge in [-0.3, -0.25) is 14.4 Å². The van der Waals surface area contributed by atoms with E-state index >= 15 is 0 Å². The third-order valence-electron chi connectivity index (χ3n) is 7.11. The number of amides is 2.